The van der Waals surface area contributed by atoms with Crippen LogP contribution in [0.1, 0.15) is 33.4 Å². The number of benzene rings is 18. The van der Waals surface area contributed by atoms with E-state index < -0.39 is 22.5 Å². The standard InChI is InChI=1S/C106H66F2N2O2/c107-91-63-71(67-33-7-1-8-34-67)61-85(69-37-11-3-12-38-69)101(91)109(93-57-31-53-81-77-47-25-29-59-97(77)111-103(81)93)95-65-89-99(79-49-21-19-45-75(79)95)83-51-23-27-55-87(83)105(89,73-41-15-5-16-42-73)106(74-43-17-6-18-44-74)88-56-28-24-52-84(88)100-80-50-22-20-46-76(80)96(66-90(100)106)110(94-58-32-54-82-78-48-26-30-60-98(78)112-104(82)94)102-86(70-39-13-4-14-40-70)62-72(64-92(102)108)68-35-9-2-10-36-68/h1-66H. The van der Waals surface area contributed by atoms with Crippen molar-refractivity contribution in [2.24, 2.45) is 0 Å². The highest BCUT2D eigenvalue weighted by molar-refractivity contribution is 6.19. The molecule has 20 aromatic rings. The molecule has 0 saturated heterocycles. The van der Waals surface area contributed by atoms with Gasteiger partial charge in [0, 0.05) is 43.4 Å². The largest absolute Gasteiger partial charge is 0.454 e. The molecule has 0 bridgehead atoms. The molecule has 526 valence electrons. The first-order valence-corrected chi connectivity index (χ1v) is 38.2. The molecule has 2 heterocycles. The van der Waals surface area contributed by atoms with Crippen molar-refractivity contribution in [2.45, 2.75) is 10.8 Å². The first-order valence-electron chi connectivity index (χ1n) is 38.2. The zero-order chi connectivity index (χ0) is 74.2. The summed E-state index contributed by atoms with van der Waals surface area (Å²) in [5.74, 6) is -0.836. The molecule has 0 fully saturated rings. The second-order valence-corrected chi connectivity index (χ2v) is 29.4. The second kappa shape index (κ2) is 25.6. The molecule has 0 saturated carbocycles. The Kier molecular flexibility index (Phi) is 14.8. The van der Waals surface area contributed by atoms with E-state index in [9.17, 15) is 0 Å². The van der Waals surface area contributed by atoms with Crippen LogP contribution >= 0.6 is 0 Å². The summed E-state index contributed by atoms with van der Waals surface area (Å²) in [4.78, 5) is 4.35. The van der Waals surface area contributed by atoms with Gasteiger partial charge < -0.3 is 18.6 Å². The van der Waals surface area contributed by atoms with Gasteiger partial charge in [-0.05, 0) is 160 Å². The lowest BCUT2D eigenvalue weighted by atomic mass is 9.49. The minimum absolute atomic E-state index is 0.355. The monoisotopic (exact) mass is 1440 g/mol. The maximum Gasteiger partial charge on any atom is 0.159 e. The van der Waals surface area contributed by atoms with Crippen LogP contribution in [0.2, 0.25) is 0 Å². The lowest BCUT2D eigenvalue weighted by molar-refractivity contribution is 0.438. The minimum atomic E-state index is -1.27. The van der Waals surface area contributed by atoms with E-state index in [1.54, 1.807) is 12.1 Å². The van der Waals surface area contributed by atoms with Crippen molar-refractivity contribution >= 4 is 99.5 Å². The fourth-order valence-electron chi connectivity index (χ4n) is 19.3. The number of hydrogen-bond donors (Lipinski definition) is 0. The average molecular weight is 1440 g/mol. The van der Waals surface area contributed by atoms with Crippen LogP contribution in [0, 0.1) is 11.6 Å². The van der Waals surface area contributed by atoms with Gasteiger partial charge in [-0.1, -0.05) is 340 Å². The number of rotatable bonds is 13. The van der Waals surface area contributed by atoms with Crippen molar-refractivity contribution in [3.8, 4) is 66.8 Å². The normalized spacial score (nSPS) is 14.8. The summed E-state index contributed by atoms with van der Waals surface area (Å²) < 4.78 is 53.7. The van der Waals surface area contributed by atoms with Crippen LogP contribution in [0.5, 0.6) is 0 Å². The van der Waals surface area contributed by atoms with E-state index in [4.69, 9.17) is 8.83 Å². The molecule has 0 radical (unpaired) electrons. The van der Waals surface area contributed by atoms with Crippen molar-refractivity contribution in [1.29, 1.82) is 0 Å². The Hall–Kier alpha value is -14.5. The molecule has 2 aromatic heterocycles. The highest BCUT2D eigenvalue weighted by Crippen LogP contribution is 2.72. The Morgan fingerprint density at radius 2 is 0.527 bits per heavy atom. The molecule has 22 rings (SSSR count). The second-order valence-electron chi connectivity index (χ2n) is 29.4. The van der Waals surface area contributed by atoms with Crippen molar-refractivity contribution in [2.75, 3.05) is 9.80 Å². The summed E-state index contributed by atoms with van der Waals surface area (Å²) in [6, 6.07) is 140. The summed E-state index contributed by atoms with van der Waals surface area (Å²) in [6.07, 6.45) is 0. The zero-order valence-electron chi connectivity index (χ0n) is 60.6. The van der Waals surface area contributed by atoms with Gasteiger partial charge in [0.2, 0.25) is 0 Å². The highest BCUT2D eigenvalue weighted by Gasteiger charge is 2.65. The molecule has 4 nitrogen and oxygen atoms in total. The minimum Gasteiger partial charge on any atom is -0.454 e. The molecule has 0 N–H and O–H groups in total. The van der Waals surface area contributed by atoms with Gasteiger partial charge in [0.25, 0.3) is 0 Å². The molecule has 0 spiro atoms. The molecular weight excluding hydrogens is 1370 g/mol. The van der Waals surface area contributed by atoms with Gasteiger partial charge in [0.05, 0.1) is 45.0 Å². The van der Waals surface area contributed by atoms with E-state index in [1.165, 1.54) is 0 Å². The molecule has 2 atom stereocenters. The maximum atomic E-state index is 19.6. The van der Waals surface area contributed by atoms with E-state index in [0.717, 1.165) is 155 Å². The van der Waals surface area contributed by atoms with Gasteiger partial charge in [-0.25, -0.2) is 8.78 Å². The van der Waals surface area contributed by atoms with Crippen LogP contribution < -0.4 is 9.80 Å². The van der Waals surface area contributed by atoms with E-state index in [0.29, 0.717) is 45.0 Å². The van der Waals surface area contributed by atoms with E-state index in [-0.39, 0.29) is 0 Å². The molecule has 0 aliphatic heterocycles. The summed E-state index contributed by atoms with van der Waals surface area (Å²) in [6.45, 7) is 0. The molecule has 2 aliphatic carbocycles. The average Bonchev–Trinajstić information content (AvgIpc) is 1.54. The van der Waals surface area contributed by atoms with Crippen molar-refractivity contribution in [1.82, 2.24) is 0 Å². The quantitative estimate of drug-likeness (QED) is 0.115. The number of anilines is 6. The van der Waals surface area contributed by atoms with Crippen LogP contribution in [0.3, 0.4) is 0 Å². The number of furan rings is 2. The predicted octanol–water partition coefficient (Wildman–Crippen LogP) is 29.0. The van der Waals surface area contributed by atoms with Crippen LogP contribution in [0.25, 0.3) is 132 Å². The molecule has 2 aliphatic rings. The van der Waals surface area contributed by atoms with Gasteiger partial charge in [-0.15, -0.1) is 0 Å². The Morgan fingerprint density at radius 3 is 0.920 bits per heavy atom. The van der Waals surface area contributed by atoms with Gasteiger partial charge in [0.1, 0.15) is 22.8 Å². The number of halogens is 2. The fourth-order valence-corrected chi connectivity index (χ4v) is 19.3. The van der Waals surface area contributed by atoms with E-state index >= 15 is 8.78 Å². The maximum absolute atomic E-state index is 19.6. The zero-order valence-corrected chi connectivity index (χ0v) is 60.6. The number of hydrogen-bond acceptors (Lipinski definition) is 4. The lowest BCUT2D eigenvalue weighted by Crippen LogP contribution is -2.50. The molecule has 18 aromatic carbocycles. The number of nitrogens with zero attached hydrogens (tertiary/aromatic N) is 2. The van der Waals surface area contributed by atoms with E-state index in [2.05, 4.69) is 265 Å². The predicted molar refractivity (Wildman–Crippen MR) is 457 cm³/mol. The van der Waals surface area contributed by atoms with Crippen LogP contribution in [-0.2, 0) is 10.8 Å². The Labute approximate surface area is 645 Å². The van der Waals surface area contributed by atoms with Crippen LogP contribution in [0.15, 0.2) is 409 Å². The molecule has 2 unspecified atom stereocenters. The SMILES string of the molecule is Fc1cc(-c2ccccc2)cc(-c2ccccc2)c1N(c1cc2c(c3ccccc13)-c1ccccc1C2(c1ccccc1)C1(c2ccccc2)c2ccccc2-c2c1cc(N(c1c(F)cc(-c3ccccc3)cc1-c1ccccc1)c1cccc3c1oc1ccccc13)c1ccccc21)c1cccc2c1oc1ccccc12. The fraction of sp³-hybridized carbons (Fsp3) is 0.0189. The molecule has 0 amide bonds. The summed E-state index contributed by atoms with van der Waals surface area (Å²) in [5, 5.41) is 7.46. The summed E-state index contributed by atoms with van der Waals surface area (Å²) in [7, 11) is 0. The Morgan fingerprint density at radius 1 is 0.214 bits per heavy atom. The third kappa shape index (κ3) is 9.45. The van der Waals surface area contributed by atoms with Gasteiger partial charge >= 0.3 is 0 Å². The topological polar surface area (TPSA) is 32.8 Å². The van der Waals surface area contributed by atoms with E-state index in [1.807, 2.05) is 133 Å². The van der Waals surface area contributed by atoms with Gasteiger partial charge in [-0.3, -0.25) is 0 Å². The van der Waals surface area contributed by atoms with Crippen molar-refractivity contribution < 1.29 is 17.6 Å². The molecular formula is C106H66F2N2O2. The summed E-state index contributed by atoms with van der Waals surface area (Å²) >= 11 is 0. The molecule has 6 heteroatoms. The lowest BCUT2D eigenvalue weighted by Gasteiger charge is -2.51. The first-order chi connectivity index (χ1) is 55.4. The molecule has 112 heavy (non-hydrogen) atoms. The Balaban J connectivity index is 0.921. The smallest absolute Gasteiger partial charge is 0.159 e. The van der Waals surface area contributed by atoms with Crippen molar-refractivity contribution in [3.63, 3.8) is 0 Å². The number of fused-ring (bicyclic) bond motifs is 16. The third-order valence-corrected chi connectivity index (χ3v) is 23.7. The first kappa shape index (κ1) is 64.7. The highest BCUT2D eigenvalue weighted by atomic mass is 19.1. The Bertz CT molecular complexity index is 6730. The van der Waals surface area contributed by atoms with Crippen molar-refractivity contribution in [3.05, 3.63) is 445 Å². The summed E-state index contributed by atoms with van der Waals surface area (Å²) in [5.41, 5.74) is 20.4. The number of para-hydroxylation sites is 4. The van der Waals surface area contributed by atoms with Crippen LogP contribution in [0.4, 0.5) is 42.9 Å². The van der Waals surface area contributed by atoms with Gasteiger partial charge in [-0.2, -0.15) is 0 Å². The third-order valence-electron chi connectivity index (χ3n) is 23.7. The van der Waals surface area contributed by atoms with Gasteiger partial charge in [0.15, 0.2) is 11.2 Å². The van der Waals surface area contributed by atoms with Crippen LogP contribution in [-0.4, -0.2) is 0 Å².